The van der Waals surface area contributed by atoms with Crippen LogP contribution in [0, 0.1) is 34.5 Å². The minimum absolute atomic E-state index is 0.0182. The number of amides is 5. The summed E-state index contributed by atoms with van der Waals surface area (Å²) in [5, 5.41) is 12.0. The van der Waals surface area contributed by atoms with Crippen LogP contribution in [0.1, 0.15) is 143 Å². The molecule has 312 valence electrons. The molecule has 0 aromatic carbocycles. The number of urea groups is 1. The highest BCUT2D eigenvalue weighted by Crippen LogP contribution is 2.65. The molecular formula is C42H66N6O7S. The van der Waals surface area contributed by atoms with Crippen molar-refractivity contribution in [1.29, 1.82) is 0 Å². The lowest BCUT2D eigenvalue weighted by Crippen LogP contribution is -2.65. The van der Waals surface area contributed by atoms with Crippen molar-refractivity contribution in [2.24, 2.45) is 34.5 Å². The molecule has 7 saturated carbocycles. The topological polar surface area (TPSA) is 174 Å². The number of piperidine rings is 1. The number of nitrogens with zero attached hydrogens (tertiary/aromatic N) is 2. The number of nitrogens with one attached hydrogen (secondary N) is 4. The highest BCUT2D eigenvalue weighted by Gasteiger charge is 2.70. The minimum Gasteiger partial charge on any atom is -0.347 e. The van der Waals surface area contributed by atoms with Crippen molar-refractivity contribution < 1.29 is 32.4 Å². The van der Waals surface area contributed by atoms with E-state index >= 15 is 4.79 Å². The van der Waals surface area contributed by atoms with Crippen LogP contribution in [0.5, 0.6) is 0 Å². The number of sulfonamides is 1. The number of fused-ring (bicyclic) bond motifs is 1. The second-order valence-corrected chi connectivity index (χ2v) is 22.3. The Kier molecular flexibility index (Phi) is 10.8. The van der Waals surface area contributed by atoms with Gasteiger partial charge in [0.15, 0.2) is 0 Å². The van der Waals surface area contributed by atoms with Gasteiger partial charge in [0.2, 0.25) is 27.6 Å². The predicted molar refractivity (Wildman–Crippen MR) is 210 cm³/mol. The van der Waals surface area contributed by atoms with Crippen molar-refractivity contribution in [3.05, 3.63) is 0 Å². The van der Waals surface area contributed by atoms with E-state index in [1.807, 2.05) is 0 Å². The molecule has 56 heavy (non-hydrogen) atoms. The van der Waals surface area contributed by atoms with Crippen molar-refractivity contribution >= 4 is 39.6 Å². The van der Waals surface area contributed by atoms with Crippen molar-refractivity contribution in [2.75, 3.05) is 18.8 Å². The molecule has 13 nitrogen and oxygen atoms in total. The zero-order chi connectivity index (χ0) is 39.6. The summed E-state index contributed by atoms with van der Waals surface area (Å²) in [7, 11) is -3.64. The SMILES string of the molecule is CC1([C@H](NC(=O)NC2(CS(=O)(=O)N(CC3CC3)C3CC3)CCCCC2)C(=O)N2C[C@H]3[C@@H]([C@H]2C(=O)N[C@@H](CC2CC2)C(=O)C(=O)NC2CC2)C3(C)C)CCCCC1. The lowest BCUT2D eigenvalue weighted by Gasteiger charge is -2.44. The summed E-state index contributed by atoms with van der Waals surface area (Å²) in [6.45, 7) is 7.21. The molecule has 0 aromatic heterocycles. The van der Waals surface area contributed by atoms with Gasteiger partial charge < -0.3 is 26.2 Å². The highest BCUT2D eigenvalue weighted by atomic mass is 32.2. The van der Waals surface area contributed by atoms with E-state index in [0.717, 1.165) is 103 Å². The number of Topliss-reactive ketones (excluding diaryl/α,β-unsaturated/α-hetero) is 1. The summed E-state index contributed by atoms with van der Waals surface area (Å²) in [6, 6.07) is -3.17. The second-order valence-electron chi connectivity index (χ2n) is 20.3. The van der Waals surface area contributed by atoms with Gasteiger partial charge in [-0.3, -0.25) is 19.2 Å². The first-order valence-electron chi connectivity index (χ1n) is 22.1. The number of rotatable bonds is 17. The van der Waals surface area contributed by atoms with Gasteiger partial charge in [0, 0.05) is 25.2 Å². The third kappa shape index (κ3) is 8.66. The van der Waals surface area contributed by atoms with Crippen LogP contribution in [0.25, 0.3) is 0 Å². The Morgan fingerprint density at radius 2 is 1.41 bits per heavy atom. The first-order chi connectivity index (χ1) is 26.6. The zero-order valence-electron chi connectivity index (χ0n) is 33.9. The molecule has 0 bridgehead atoms. The lowest BCUT2D eigenvalue weighted by molar-refractivity contribution is -0.146. The lowest BCUT2D eigenvalue weighted by atomic mass is 9.70. The molecule has 5 atom stereocenters. The van der Waals surface area contributed by atoms with E-state index < -0.39 is 62.7 Å². The second kappa shape index (κ2) is 15.1. The normalized spacial score (nSPS) is 30.1. The summed E-state index contributed by atoms with van der Waals surface area (Å²) in [5.74, 6) is -1.46. The average Bonchev–Trinajstić information content (AvgIpc) is 3.91. The first-order valence-corrected chi connectivity index (χ1v) is 23.7. The molecule has 0 aromatic rings. The summed E-state index contributed by atoms with van der Waals surface area (Å²) in [6.07, 6.45) is 16.0. The standard InChI is InChI=1S/C42H66N6O7S/c1-40(2)30-24-47(33(32(30)40)36(50)44-31(22-26-10-11-26)34(49)37(51)43-28-14-15-28)38(52)35(41(3)18-6-4-7-19-41)45-39(53)46-42(20-8-5-9-21-42)25-56(54,55)48(29-16-17-29)23-27-12-13-27/h26-33,35H,4-25H2,1-3H3,(H,43,51)(H,44,50)(H2,45,46,53)/t30-,31-,32-,33-,35+/m0/s1. The Balaban J connectivity index is 1.01. The van der Waals surface area contributed by atoms with Gasteiger partial charge in [-0.1, -0.05) is 72.1 Å². The van der Waals surface area contributed by atoms with Gasteiger partial charge in [0.25, 0.3) is 5.91 Å². The van der Waals surface area contributed by atoms with Crippen LogP contribution in [0.15, 0.2) is 0 Å². The van der Waals surface area contributed by atoms with Crippen molar-refractivity contribution in [3.63, 3.8) is 0 Å². The van der Waals surface area contributed by atoms with Crippen LogP contribution >= 0.6 is 0 Å². The van der Waals surface area contributed by atoms with E-state index in [-0.39, 0.29) is 46.9 Å². The predicted octanol–water partition coefficient (Wildman–Crippen LogP) is 4.15. The third-order valence-corrected chi connectivity index (χ3v) is 17.2. The van der Waals surface area contributed by atoms with E-state index in [9.17, 15) is 27.6 Å². The van der Waals surface area contributed by atoms with E-state index in [4.69, 9.17) is 0 Å². The van der Waals surface area contributed by atoms with Crippen molar-refractivity contribution in [1.82, 2.24) is 30.5 Å². The molecule has 8 rings (SSSR count). The maximum Gasteiger partial charge on any atom is 0.315 e. The van der Waals surface area contributed by atoms with Gasteiger partial charge in [-0.25, -0.2) is 13.2 Å². The van der Waals surface area contributed by atoms with E-state index in [2.05, 4.69) is 42.0 Å². The van der Waals surface area contributed by atoms with Gasteiger partial charge >= 0.3 is 6.03 Å². The summed E-state index contributed by atoms with van der Waals surface area (Å²) in [5.41, 5.74) is -1.68. The minimum atomic E-state index is -3.64. The molecule has 0 radical (unpaired) electrons. The van der Waals surface area contributed by atoms with E-state index in [0.29, 0.717) is 38.3 Å². The van der Waals surface area contributed by atoms with Gasteiger partial charge in [-0.05, 0) is 105 Å². The first kappa shape index (κ1) is 40.1. The Bertz CT molecular complexity index is 1670. The van der Waals surface area contributed by atoms with Gasteiger partial charge in [-0.15, -0.1) is 0 Å². The fourth-order valence-corrected chi connectivity index (χ4v) is 13.1. The Morgan fingerprint density at radius 3 is 2.00 bits per heavy atom. The number of hydrogen-bond acceptors (Lipinski definition) is 7. The smallest absolute Gasteiger partial charge is 0.315 e. The molecule has 1 saturated heterocycles. The van der Waals surface area contributed by atoms with Crippen LogP contribution in [-0.2, 0) is 29.2 Å². The number of likely N-dealkylation sites (tertiary alicyclic amines) is 1. The van der Waals surface area contributed by atoms with Crippen LogP contribution in [0.4, 0.5) is 4.79 Å². The molecule has 1 heterocycles. The quantitative estimate of drug-likeness (QED) is 0.160. The Labute approximate surface area is 333 Å². The number of ketones is 1. The largest absolute Gasteiger partial charge is 0.347 e. The molecule has 0 spiro atoms. The number of carbonyl (C=O) groups excluding carboxylic acids is 5. The number of hydrogen-bond donors (Lipinski definition) is 4. The van der Waals surface area contributed by atoms with Gasteiger partial charge in [-0.2, -0.15) is 4.31 Å². The maximum atomic E-state index is 15.1. The molecular weight excluding hydrogens is 733 g/mol. The van der Waals surface area contributed by atoms with Crippen LogP contribution < -0.4 is 21.3 Å². The van der Waals surface area contributed by atoms with E-state index in [1.54, 1.807) is 9.21 Å². The molecule has 4 N–H and O–H groups in total. The molecule has 5 amide bonds. The monoisotopic (exact) mass is 798 g/mol. The Hall–Kier alpha value is -2.74. The molecule has 14 heteroatoms. The fourth-order valence-electron chi connectivity index (χ4n) is 10.8. The summed E-state index contributed by atoms with van der Waals surface area (Å²) in [4.78, 5) is 71.8. The molecule has 7 aliphatic carbocycles. The van der Waals surface area contributed by atoms with Crippen molar-refractivity contribution in [3.8, 4) is 0 Å². The number of carbonyl (C=O) groups is 5. The zero-order valence-corrected chi connectivity index (χ0v) is 34.7. The molecule has 8 fully saturated rings. The summed E-state index contributed by atoms with van der Waals surface area (Å²) < 4.78 is 29.9. The Morgan fingerprint density at radius 1 is 0.786 bits per heavy atom. The van der Waals surface area contributed by atoms with Crippen LogP contribution in [0.2, 0.25) is 0 Å². The highest BCUT2D eigenvalue weighted by molar-refractivity contribution is 7.89. The van der Waals surface area contributed by atoms with Crippen LogP contribution in [0.3, 0.4) is 0 Å². The molecule has 1 aliphatic heterocycles. The molecule has 0 unspecified atom stereocenters. The average molecular weight is 799 g/mol. The van der Waals surface area contributed by atoms with Gasteiger partial charge in [0.1, 0.15) is 12.1 Å². The van der Waals surface area contributed by atoms with E-state index in [1.165, 1.54) is 0 Å². The fraction of sp³-hybridized carbons (Fsp3) is 0.881. The third-order valence-electron chi connectivity index (χ3n) is 15.1. The molecule has 8 aliphatic rings. The maximum absolute atomic E-state index is 15.1. The summed E-state index contributed by atoms with van der Waals surface area (Å²) >= 11 is 0. The van der Waals surface area contributed by atoms with Crippen LogP contribution in [-0.4, -0.2) is 102 Å². The van der Waals surface area contributed by atoms with Gasteiger partial charge in [0.05, 0.1) is 17.3 Å². The van der Waals surface area contributed by atoms with Crippen molar-refractivity contribution in [2.45, 2.75) is 179 Å².